The molecule has 0 saturated carbocycles. The van der Waals surface area contributed by atoms with E-state index in [9.17, 15) is 9.90 Å². The number of hydrogen-bond donors (Lipinski definition) is 1. The van der Waals surface area contributed by atoms with E-state index in [2.05, 4.69) is 0 Å². The normalized spacial score (nSPS) is 42.9. The Hall–Kier alpha value is -1.59. The van der Waals surface area contributed by atoms with Gasteiger partial charge in [0.25, 0.3) is 0 Å². The summed E-state index contributed by atoms with van der Waals surface area (Å²) in [4.78, 5) is 13.7. The fourth-order valence-electron chi connectivity index (χ4n) is 2.77. The lowest BCUT2D eigenvalue weighted by Gasteiger charge is -2.44. The number of piperidine rings is 1. The number of Topliss-reactive ketones (excluding diaryl/α,β-unsaturated/α-hetero) is 1. The molecule has 0 bridgehead atoms. The van der Waals surface area contributed by atoms with Crippen molar-refractivity contribution in [3.63, 3.8) is 0 Å². The van der Waals surface area contributed by atoms with E-state index in [4.69, 9.17) is 28.7 Å². The van der Waals surface area contributed by atoms with Gasteiger partial charge >= 0.3 is 0 Å². The van der Waals surface area contributed by atoms with Crippen molar-refractivity contribution in [2.75, 3.05) is 27.1 Å². The number of ether oxygens (including phenoxy) is 2. The van der Waals surface area contributed by atoms with Crippen LogP contribution < -0.4 is 9.47 Å². The Morgan fingerprint density at radius 3 is 3.00 bits per heavy atom. The highest BCUT2D eigenvalue weighted by Crippen LogP contribution is 2.42. The fraction of sp³-hybridized carbons (Fsp3) is 0.632. The predicted molar refractivity (Wildman–Crippen MR) is 91.6 cm³/mol. The molecule has 2 aliphatic rings. The van der Waals surface area contributed by atoms with Gasteiger partial charge < -0.3 is 14.6 Å². The highest BCUT2D eigenvalue weighted by molar-refractivity contribution is 5.83. The summed E-state index contributed by atoms with van der Waals surface area (Å²) in [6, 6.07) is 0.463. The summed E-state index contributed by atoms with van der Waals surface area (Å²) in [5.41, 5.74) is -3.83. The lowest BCUT2D eigenvalue weighted by Crippen LogP contribution is -2.47. The molecule has 1 aromatic carbocycles. The minimum Gasteiger partial charge on any atom is -0.493 e. The van der Waals surface area contributed by atoms with Crippen LogP contribution in [0.3, 0.4) is 0 Å². The summed E-state index contributed by atoms with van der Waals surface area (Å²) in [6.45, 7) is -9.46. The van der Waals surface area contributed by atoms with Gasteiger partial charge in [-0.15, -0.1) is 0 Å². The lowest BCUT2D eigenvalue weighted by molar-refractivity contribution is -0.131. The number of benzene rings is 1. The quantitative estimate of drug-likeness (QED) is 0.906. The molecule has 2 heterocycles. The fourth-order valence-corrected chi connectivity index (χ4v) is 2.77. The molecule has 1 N–H and O–H groups in total. The molecule has 1 saturated heterocycles. The van der Waals surface area contributed by atoms with Gasteiger partial charge in [-0.25, -0.2) is 0 Å². The van der Waals surface area contributed by atoms with Crippen molar-refractivity contribution in [3.05, 3.63) is 23.3 Å². The summed E-state index contributed by atoms with van der Waals surface area (Å²) in [5, 5.41) is 10.6. The molecule has 5 heteroatoms. The first-order chi connectivity index (χ1) is 16.8. The van der Waals surface area contributed by atoms with Crippen molar-refractivity contribution in [1.29, 1.82) is 0 Å². The number of nitrogens with zero attached hydrogens (tertiary/aromatic N) is 1. The third kappa shape index (κ3) is 3.28. The zero-order chi connectivity index (χ0) is 29.7. The van der Waals surface area contributed by atoms with Crippen LogP contribution in [-0.4, -0.2) is 48.5 Å². The van der Waals surface area contributed by atoms with Crippen LogP contribution in [-0.2, 0) is 11.2 Å². The van der Waals surface area contributed by atoms with Gasteiger partial charge in [0.05, 0.1) is 23.9 Å². The van der Waals surface area contributed by atoms with Crippen LogP contribution in [0.1, 0.15) is 62.9 Å². The number of fused-ring (bicyclic) bond motifs is 3. The summed E-state index contributed by atoms with van der Waals surface area (Å²) in [5.74, 6) is -4.38. The van der Waals surface area contributed by atoms with Gasteiger partial charge in [0.15, 0.2) is 11.5 Å². The Balaban J connectivity index is 2.29. The zero-order valence-electron chi connectivity index (χ0n) is 27.1. The smallest absolute Gasteiger partial charge is 0.161 e. The molecule has 2 aliphatic heterocycles. The largest absolute Gasteiger partial charge is 0.493 e. The molecule has 24 heavy (non-hydrogen) atoms. The molecular formula is C19H27NO4. The Morgan fingerprint density at radius 2 is 2.29 bits per heavy atom. The molecule has 0 radical (unpaired) electrons. The first-order valence-corrected chi connectivity index (χ1v) is 7.22. The topological polar surface area (TPSA) is 59.0 Å². The van der Waals surface area contributed by atoms with E-state index in [0.717, 1.165) is 19.2 Å². The minimum absolute atomic E-state index is 0.140. The molecule has 1 fully saturated rings. The van der Waals surface area contributed by atoms with Crippen molar-refractivity contribution in [2.45, 2.75) is 44.6 Å². The van der Waals surface area contributed by atoms with Gasteiger partial charge in [-0.2, -0.15) is 0 Å². The molecule has 0 aliphatic carbocycles. The molecule has 1 aromatic rings. The summed E-state index contributed by atoms with van der Waals surface area (Å²) in [6.07, 6.45) is -7.33. The highest BCUT2D eigenvalue weighted by atomic mass is 16.5. The average molecular weight is 348 g/mol. The molecule has 3 rings (SSSR count). The maximum absolute atomic E-state index is 13.3. The number of aliphatic hydroxyl groups is 1. The Bertz CT molecular complexity index is 1130. The summed E-state index contributed by atoms with van der Waals surface area (Å²) < 4.78 is 123. The van der Waals surface area contributed by atoms with E-state index in [1.165, 1.54) is 0 Å². The molecule has 1 unspecified atom stereocenters. The summed E-state index contributed by atoms with van der Waals surface area (Å²) >= 11 is 0. The Kier molecular flexibility index (Phi) is 1.85. The minimum atomic E-state index is -3.46. The van der Waals surface area contributed by atoms with Gasteiger partial charge in [-0.05, 0) is 49.8 Å². The van der Waals surface area contributed by atoms with E-state index in [1.807, 2.05) is 0 Å². The lowest BCUT2D eigenvalue weighted by atomic mass is 9.79. The third-order valence-corrected chi connectivity index (χ3v) is 3.84. The second kappa shape index (κ2) is 6.37. The van der Waals surface area contributed by atoms with Crippen LogP contribution in [0, 0.1) is 5.92 Å². The van der Waals surface area contributed by atoms with E-state index in [1.54, 1.807) is 0 Å². The van der Waals surface area contributed by atoms with Gasteiger partial charge in [-0.1, -0.05) is 0 Å². The van der Waals surface area contributed by atoms with Crippen LogP contribution >= 0.6 is 0 Å². The monoisotopic (exact) mass is 347 g/mol. The van der Waals surface area contributed by atoms with Gasteiger partial charge in [0.2, 0.25) is 0 Å². The number of ketones is 1. The maximum atomic E-state index is 13.3. The van der Waals surface area contributed by atoms with Crippen LogP contribution in [0.25, 0.3) is 0 Å². The number of carbonyl (C=O) groups is 1. The second-order valence-corrected chi connectivity index (χ2v) is 5.76. The van der Waals surface area contributed by atoms with E-state index < -0.39 is 80.7 Å². The third-order valence-electron chi connectivity index (χ3n) is 3.84. The second-order valence-electron chi connectivity index (χ2n) is 5.76. The van der Waals surface area contributed by atoms with Crippen molar-refractivity contribution in [2.24, 2.45) is 5.92 Å². The number of rotatable bonds is 4. The van der Waals surface area contributed by atoms with Gasteiger partial charge in [-0.3, -0.25) is 9.69 Å². The van der Waals surface area contributed by atoms with Crippen molar-refractivity contribution >= 4 is 5.78 Å². The van der Waals surface area contributed by atoms with Crippen LogP contribution in [0.4, 0.5) is 0 Å². The first kappa shape index (κ1) is 6.96. The van der Waals surface area contributed by atoms with Crippen LogP contribution in [0.2, 0.25) is 0 Å². The molecule has 0 aromatic heterocycles. The number of hydrogen-bond acceptors (Lipinski definition) is 5. The SMILES string of the molecule is [2H]C([2H])([2H])Oc1cc2c(cc1OC)[C@@H]1CC(=O)[C@@H](C([2H])([2H])C(C)(O)C([2H])([2H])[2H])C([2H])([2H])N1C([2H])([2H])C2([2H])[2H]. The molecule has 132 valence electrons. The number of methoxy groups -OCH3 is 2. The predicted octanol–water partition coefficient (Wildman–Crippen LogP) is 2.35. The molecule has 5 nitrogen and oxygen atoms in total. The number of aryl methyl sites for hydroxylation is 1. The van der Waals surface area contributed by atoms with Crippen molar-refractivity contribution < 1.29 is 38.6 Å². The van der Waals surface area contributed by atoms with E-state index in [0.29, 0.717) is 11.8 Å². The van der Waals surface area contributed by atoms with E-state index >= 15 is 0 Å². The van der Waals surface area contributed by atoms with Gasteiger partial charge in [0, 0.05) is 46.5 Å². The standard InChI is InChI=1S/C19H27NO4/c1-19(2,22)10-13-11-20-6-5-12-7-17(23-3)18(24-4)8-14(12)15(20)9-16(13)21/h7-8,13,15,22H,5-6,9-11H2,1-4H3/t13-,15-/m0/s1/i1D3,3D3,5D2,6D2,10D2,11D2/t13-,15-,19?. The van der Waals surface area contributed by atoms with Gasteiger partial charge in [0.1, 0.15) is 5.78 Å². The maximum Gasteiger partial charge on any atom is 0.161 e. The first-order valence-electron chi connectivity index (χ1n) is 14.2. The summed E-state index contributed by atoms with van der Waals surface area (Å²) in [7, 11) is -1.83. The zero-order valence-corrected chi connectivity index (χ0v) is 13.1. The molecule has 0 amide bonds. The van der Waals surface area contributed by atoms with Crippen LogP contribution in [0.5, 0.6) is 11.5 Å². The van der Waals surface area contributed by atoms with Crippen molar-refractivity contribution in [1.82, 2.24) is 4.90 Å². The van der Waals surface area contributed by atoms with Crippen LogP contribution in [0.15, 0.2) is 12.1 Å². The molecule has 3 atom stereocenters. The average Bonchev–Trinajstić information content (AvgIpc) is 2.68. The molecular weight excluding hydrogens is 306 g/mol. The van der Waals surface area contributed by atoms with Crippen molar-refractivity contribution in [3.8, 4) is 11.5 Å². The Labute approximate surface area is 163 Å². The van der Waals surface area contributed by atoms with E-state index in [-0.39, 0.29) is 11.3 Å². The highest BCUT2D eigenvalue weighted by Gasteiger charge is 2.40. The Morgan fingerprint density at radius 1 is 1.50 bits per heavy atom. The number of carbonyl (C=O) groups excluding carboxylic acids is 1. The molecule has 0 spiro atoms.